The molecular weight excluding hydrogens is 170 g/mol. The first-order valence-corrected chi connectivity index (χ1v) is 4.26. The number of carbonyl (C=O) groups excluding carboxylic acids is 1. The topological polar surface area (TPSA) is 42.7 Å². The molecule has 1 aliphatic rings. The second-order valence-corrected chi connectivity index (χ2v) is 2.92. The Morgan fingerprint density at radius 3 is 2.77 bits per heavy atom. The predicted molar refractivity (Wildman–Crippen MR) is 47.1 cm³/mol. The minimum atomic E-state index is 0.376. The molecule has 13 heavy (non-hydrogen) atoms. The quantitative estimate of drug-likeness (QED) is 0.636. The minimum Gasteiger partial charge on any atom is -0.459 e. The summed E-state index contributed by atoms with van der Waals surface area (Å²) in [5.74, 6) is 0.376. The number of carbonyl (C=O) groups is 1. The first kappa shape index (κ1) is 8.31. The number of furan rings is 1. The number of morpholine rings is 1. The number of anilines is 1. The van der Waals surface area contributed by atoms with Crippen LogP contribution in [0, 0.1) is 0 Å². The normalized spacial score (nSPS) is 17.4. The summed E-state index contributed by atoms with van der Waals surface area (Å²) in [6, 6.07) is 1.75. The van der Waals surface area contributed by atoms with E-state index in [1.165, 1.54) is 0 Å². The molecule has 1 aromatic rings. The molecule has 1 aromatic heterocycles. The molecule has 0 amide bonds. The zero-order valence-electron chi connectivity index (χ0n) is 7.23. The minimum absolute atomic E-state index is 0.376. The highest BCUT2D eigenvalue weighted by Gasteiger charge is 2.13. The van der Waals surface area contributed by atoms with Crippen LogP contribution >= 0.6 is 0 Å². The van der Waals surface area contributed by atoms with E-state index in [9.17, 15) is 4.79 Å². The summed E-state index contributed by atoms with van der Waals surface area (Å²) in [7, 11) is 0. The van der Waals surface area contributed by atoms with Gasteiger partial charge in [-0.25, -0.2) is 0 Å². The fraction of sp³-hybridized carbons (Fsp3) is 0.444. The third-order valence-electron chi connectivity index (χ3n) is 2.10. The predicted octanol–water partition coefficient (Wildman–Crippen LogP) is 0.929. The summed E-state index contributed by atoms with van der Waals surface area (Å²) in [5, 5.41) is 0. The molecule has 0 aromatic carbocycles. The van der Waals surface area contributed by atoms with Gasteiger partial charge in [0.2, 0.25) is 0 Å². The maximum atomic E-state index is 10.4. The summed E-state index contributed by atoms with van der Waals surface area (Å²) in [4.78, 5) is 12.5. The number of ether oxygens (including phenoxy) is 1. The van der Waals surface area contributed by atoms with Crippen LogP contribution in [0.25, 0.3) is 0 Å². The fourth-order valence-corrected chi connectivity index (χ4v) is 1.39. The molecule has 0 spiro atoms. The van der Waals surface area contributed by atoms with Gasteiger partial charge in [-0.05, 0) is 0 Å². The molecule has 4 nitrogen and oxygen atoms in total. The van der Waals surface area contributed by atoms with Gasteiger partial charge in [-0.1, -0.05) is 0 Å². The average Bonchev–Trinajstić information content (AvgIpc) is 2.67. The van der Waals surface area contributed by atoms with Gasteiger partial charge in [0, 0.05) is 19.2 Å². The Bertz CT molecular complexity index is 289. The van der Waals surface area contributed by atoms with Crippen LogP contribution in [0.3, 0.4) is 0 Å². The van der Waals surface area contributed by atoms with E-state index in [1.54, 1.807) is 12.3 Å². The van der Waals surface area contributed by atoms with Gasteiger partial charge < -0.3 is 14.1 Å². The van der Waals surface area contributed by atoms with Gasteiger partial charge in [0.1, 0.15) is 6.26 Å². The summed E-state index contributed by atoms with van der Waals surface area (Å²) < 4.78 is 10.2. The number of rotatable bonds is 2. The van der Waals surface area contributed by atoms with E-state index < -0.39 is 0 Å². The highest BCUT2D eigenvalue weighted by molar-refractivity contribution is 5.73. The molecule has 1 aliphatic heterocycles. The second kappa shape index (κ2) is 3.62. The van der Waals surface area contributed by atoms with Gasteiger partial charge in [-0.15, -0.1) is 0 Å². The lowest BCUT2D eigenvalue weighted by molar-refractivity contribution is 0.110. The van der Waals surface area contributed by atoms with Crippen LogP contribution in [0.4, 0.5) is 5.69 Å². The standard InChI is InChI=1S/C9H11NO3/c11-6-9-5-8(7-13-9)10-1-3-12-4-2-10/h5-7H,1-4H2. The number of nitrogens with zero attached hydrogens (tertiary/aromatic N) is 1. The van der Waals surface area contributed by atoms with Gasteiger partial charge in [-0.3, -0.25) is 4.79 Å². The molecule has 0 atom stereocenters. The Balaban J connectivity index is 2.09. The molecule has 0 N–H and O–H groups in total. The van der Waals surface area contributed by atoms with E-state index in [1.807, 2.05) is 0 Å². The van der Waals surface area contributed by atoms with Crippen LogP contribution in [0.15, 0.2) is 16.7 Å². The molecule has 0 saturated carbocycles. The highest BCUT2D eigenvalue weighted by Crippen LogP contribution is 2.18. The van der Waals surface area contributed by atoms with Crippen molar-refractivity contribution in [2.45, 2.75) is 0 Å². The molecule has 0 unspecified atom stereocenters. The third kappa shape index (κ3) is 1.72. The second-order valence-electron chi connectivity index (χ2n) is 2.92. The number of hydrogen-bond donors (Lipinski definition) is 0. The van der Waals surface area contributed by atoms with E-state index in [4.69, 9.17) is 9.15 Å². The molecule has 0 radical (unpaired) electrons. The lowest BCUT2D eigenvalue weighted by atomic mass is 10.3. The van der Waals surface area contributed by atoms with E-state index in [-0.39, 0.29) is 0 Å². The number of aldehydes is 1. The van der Waals surface area contributed by atoms with Gasteiger partial charge in [0.05, 0.1) is 18.9 Å². The first-order chi connectivity index (χ1) is 6.40. The van der Waals surface area contributed by atoms with Crippen molar-refractivity contribution in [2.24, 2.45) is 0 Å². The highest BCUT2D eigenvalue weighted by atomic mass is 16.5. The van der Waals surface area contributed by atoms with Crippen molar-refractivity contribution in [1.82, 2.24) is 0 Å². The molecule has 0 aliphatic carbocycles. The van der Waals surface area contributed by atoms with Crippen molar-refractivity contribution >= 4 is 12.0 Å². The van der Waals surface area contributed by atoms with E-state index >= 15 is 0 Å². The van der Waals surface area contributed by atoms with Gasteiger partial charge in [0.15, 0.2) is 12.0 Å². The van der Waals surface area contributed by atoms with E-state index in [0.717, 1.165) is 32.0 Å². The van der Waals surface area contributed by atoms with Crippen molar-refractivity contribution in [3.05, 3.63) is 18.1 Å². The lowest BCUT2D eigenvalue weighted by Gasteiger charge is -2.27. The largest absolute Gasteiger partial charge is 0.459 e. The van der Waals surface area contributed by atoms with Crippen molar-refractivity contribution in [2.75, 3.05) is 31.2 Å². The third-order valence-corrected chi connectivity index (χ3v) is 2.10. The Morgan fingerprint density at radius 2 is 2.15 bits per heavy atom. The molecule has 4 heteroatoms. The Labute approximate surface area is 76.1 Å². The van der Waals surface area contributed by atoms with Crippen molar-refractivity contribution in [3.63, 3.8) is 0 Å². The van der Waals surface area contributed by atoms with Crippen LogP contribution in [0.5, 0.6) is 0 Å². The number of hydrogen-bond acceptors (Lipinski definition) is 4. The van der Waals surface area contributed by atoms with Gasteiger partial charge >= 0.3 is 0 Å². The fourth-order valence-electron chi connectivity index (χ4n) is 1.39. The van der Waals surface area contributed by atoms with Crippen molar-refractivity contribution < 1.29 is 13.9 Å². The maximum absolute atomic E-state index is 10.4. The summed E-state index contributed by atoms with van der Waals surface area (Å²) in [6.07, 6.45) is 2.32. The van der Waals surface area contributed by atoms with Gasteiger partial charge in [-0.2, -0.15) is 0 Å². The molecule has 0 bridgehead atoms. The van der Waals surface area contributed by atoms with E-state index in [2.05, 4.69) is 4.90 Å². The maximum Gasteiger partial charge on any atom is 0.185 e. The average molecular weight is 181 g/mol. The molecule has 2 heterocycles. The monoisotopic (exact) mass is 181 g/mol. The molecule has 1 fully saturated rings. The zero-order valence-corrected chi connectivity index (χ0v) is 7.23. The van der Waals surface area contributed by atoms with Crippen molar-refractivity contribution in [3.8, 4) is 0 Å². The molecule has 1 saturated heterocycles. The molecule has 2 rings (SSSR count). The molecule has 70 valence electrons. The smallest absolute Gasteiger partial charge is 0.185 e. The van der Waals surface area contributed by atoms with Crippen LogP contribution < -0.4 is 4.90 Å². The van der Waals surface area contributed by atoms with Crippen LogP contribution in [-0.2, 0) is 4.74 Å². The van der Waals surface area contributed by atoms with Crippen LogP contribution in [0.2, 0.25) is 0 Å². The van der Waals surface area contributed by atoms with Crippen molar-refractivity contribution in [1.29, 1.82) is 0 Å². The Kier molecular flexibility index (Phi) is 2.31. The first-order valence-electron chi connectivity index (χ1n) is 4.26. The van der Waals surface area contributed by atoms with Crippen LogP contribution in [-0.4, -0.2) is 32.6 Å². The summed E-state index contributed by atoms with van der Waals surface area (Å²) in [5.41, 5.74) is 0.963. The lowest BCUT2D eigenvalue weighted by Crippen LogP contribution is -2.35. The van der Waals surface area contributed by atoms with E-state index in [0.29, 0.717) is 12.0 Å². The Morgan fingerprint density at radius 1 is 1.38 bits per heavy atom. The summed E-state index contributed by atoms with van der Waals surface area (Å²) in [6.45, 7) is 3.19. The zero-order chi connectivity index (χ0) is 9.10. The van der Waals surface area contributed by atoms with Gasteiger partial charge in [0.25, 0.3) is 0 Å². The molecular formula is C9H11NO3. The summed E-state index contributed by atoms with van der Waals surface area (Å²) >= 11 is 0. The van der Waals surface area contributed by atoms with Crippen LogP contribution in [0.1, 0.15) is 10.6 Å². The Hall–Kier alpha value is -1.29. The SMILES string of the molecule is O=Cc1cc(N2CCOCC2)co1.